The number of nitrogens with one attached hydrogen (secondary N) is 1. The third kappa shape index (κ3) is 9.65. The van der Waals surface area contributed by atoms with Gasteiger partial charge in [-0.2, -0.15) is 11.8 Å². The molecule has 0 aromatic heterocycles. The summed E-state index contributed by atoms with van der Waals surface area (Å²) in [6.45, 7) is 0.654. The van der Waals surface area contributed by atoms with Gasteiger partial charge in [-0.3, -0.25) is 4.79 Å². The van der Waals surface area contributed by atoms with Crippen LogP contribution in [0.5, 0.6) is 0 Å². The fourth-order valence-electron chi connectivity index (χ4n) is 2.83. The summed E-state index contributed by atoms with van der Waals surface area (Å²) in [5.74, 6) is 1.63. The van der Waals surface area contributed by atoms with Gasteiger partial charge in [0.05, 0.1) is 5.75 Å². The second-order valence-corrected chi connectivity index (χ2v) is 6.97. The van der Waals surface area contributed by atoms with Gasteiger partial charge in [-0.25, -0.2) is 0 Å². The van der Waals surface area contributed by atoms with Gasteiger partial charge in [0.2, 0.25) is 5.91 Å². The fourth-order valence-corrected chi connectivity index (χ4v) is 3.40. The zero-order valence-electron chi connectivity index (χ0n) is 12.9. The van der Waals surface area contributed by atoms with Crippen molar-refractivity contribution in [3.8, 4) is 0 Å². The summed E-state index contributed by atoms with van der Waals surface area (Å²) in [5, 5.41) is 3.23. The standard InChI is InChI=1S/C16H32N2OS/c17-12-13-20-14-16(19)18-15-10-8-6-4-2-1-3-5-7-9-11-15/h15H,1-14,17H2,(H,18,19). The molecule has 1 rings (SSSR count). The molecule has 0 heterocycles. The number of hydrogen-bond donors (Lipinski definition) is 2. The molecule has 1 amide bonds. The average Bonchev–Trinajstić information content (AvgIpc) is 2.42. The molecule has 0 aromatic rings. The lowest BCUT2D eigenvalue weighted by Crippen LogP contribution is -2.36. The van der Waals surface area contributed by atoms with Crippen LogP contribution in [-0.2, 0) is 4.79 Å². The van der Waals surface area contributed by atoms with Crippen LogP contribution in [0.25, 0.3) is 0 Å². The molecule has 0 unspecified atom stereocenters. The molecular formula is C16H32N2OS. The molecule has 20 heavy (non-hydrogen) atoms. The summed E-state index contributed by atoms with van der Waals surface area (Å²) in [7, 11) is 0. The van der Waals surface area contributed by atoms with Crippen LogP contribution in [0.1, 0.15) is 70.6 Å². The molecule has 0 aliphatic heterocycles. The summed E-state index contributed by atoms with van der Waals surface area (Å²) in [4.78, 5) is 11.9. The molecule has 1 saturated carbocycles. The molecule has 4 heteroatoms. The molecular weight excluding hydrogens is 268 g/mol. The quantitative estimate of drug-likeness (QED) is 0.764. The summed E-state index contributed by atoms with van der Waals surface area (Å²) in [6, 6.07) is 0.403. The zero-order valence-corrected chi connectivity index (χ0v) is 13.7. The second-order valence-electron chi connectivity index (χ2n) is 5.87. The van der Waals surface area contributed by atoms with Crippen molar-refractivity contribution in [2.75, 3.05) is 18.1 Å². The number of carbonyl (C=O) groups is 1. The van der Waals surface area contributed by atoms with Crippen LogP contribution in [0, 0.1) is 0 Å². The zero-order chi connectivity index (χ0) is 14.5. The van der Waals surface area contributed by atoms with Gasteiger partial charge in [0, 0.05) is 18.3 Å². The minimum absolute atomic E-state index is 0.195. The van der Waals surface area contributed by atoms with Crippen LogP contribution in [0.4, 0.5) is 0 Å². The molecule has 0 saturated heterocycles. The first-order chi connectivity index (χ1) is 9.83. The lowest BCUT2D eigenvalue weighted by atomic mass is 9.98. The third-order valence-corrected chi connectivity index (χ3v) is 4.96. The van der Waals surface area contributed by atoms with Crippen LogP contribution in [0.3, 0.4) is 0 Å². The van der Waals surface area contributed by atoms with E-state index in [4.69, 9.17) is 5.73 Å². The fraction of sp³-hybridized carbons (Fsp3) is 0.938. The molecule has 0 aromatic carbocycles. The van der Waals surface area contributed by atoms with Crippen molar-refractivity contribution in [2.45, 2.75) is 76.7 Å². The lowest BCUT2D eigenvalue weighted by molar-refractivity contribution is -0.119. The van der Waals surface area contributed by atoms with E-state index in [1.165, 1.54) is 57.8 Å². The Kier molecular flexibility index (Phi) is 11.2. The van der Waals surface area contributed by atoms with E-state index in [2.05, 4.69) is 5.32 Å². The number of nitrogens with two attached hydrogens (primary N) is 1. The number of carbonyl (C=O) groups excluding carboxylic acids is 1. The number of thioether (sulfide) groups is 1. The number of hydrogen-bond acceptors (Lipinski definition) is 3. The molecule has 118 valence electrons. The van der Waals surface area contributed by atoms with Gasteiger partial charge in [-0.05, 0) is 12.8 Å². The van der Waals surface area contributed by atoms with Crippen LogP contribution in [0.15, 0.2) is 0 Å². The van der Waals surface area contributed by atoms with E-state index in [1.807, 2.05) is 0 Å². The number of amides is 1. The first-order valence-electron chi connectivity index (χ1n) is 8.40. The van der Waals surface area contributed by atoms with Gasteiger partial charge in [0.1, 0.15) is 0 Å². The smallest absolute Gasteiger partial charge is 0.230 e. The van der Waals surface area contributed by atoms with E-state index in [0.717, 1.165) is 18.6 Å². The summed E-state index contributed by atoms with van der Waals surface area (Å²) in [5.41, 5.74) is 5.44. The van der Waals surface area contributed by atoms with Crippen molar-refractivity contribution < 1.29 is 4.79 Å². The van der Waals surface area contributed by atoms with Gasteiger partial charge in [-0.15, -0.1) is 0 Å². The Morgan fingerprint density at radius 2 is 1.45 bits per heavy atom. The topological polar surface area (TPSA) is 55.1 Å². The molecule has 1 aliphatic carbocycles. The Bertz CT molecular complexity index is 237. The highest BCUT2D eigenvalue weighted by atomic mass is 32.2. The molecule has 1 fully saturated rings. The summed E-state index contributed by atoms with van der Waals surface area (Å²) in [6.07, 6.45) is 14.4. The molecule has 0 bridgehead atoms. The normalized spacial score (nSPS) is 19.9. The Hall–Kier alpha value is -0.220. The average molecular weight is 301 g/mol. The molecule has 3 nitrogen and oxygen atoms in total. The van der Waals surface area contributed by atoms with Gasteiger partial charge < -0.3 is 11.1 Å². The molecule has 0 radical (unpaired) electrons. The van der Waals surface area contributed by atoms with Crippen LogP contribution in [-0.4, -0.2) is 30.0 Å². The first kappa shape index (κ1) is 17.8. The Balaban J connectivity index is 2.25. The minimum Gasteiger partial charge on any atom is -0.353 e. The van der Waals surface area contributed by atoms with Crippen LogP contribution >= 0.6 is 11.8 Å². The van der Waals surface area contributed by atoms with Crippen molar-refractivity contribution in [3.63, 3.8) is 0 Å². The van der Waals surface area contributed by atoms with Crippen molar-refractivity contribution in [1.82, 2.24) is 5.32 Å². The lowest BCUT2D eigenvalue weighted by Gasteiger charge is -2.19. The molecule has 3 N–H and O–H groups in total. The van der Waals surface area contributed by atoms with E-state index in [1.54, 1.807) is 11.8 Å². The van der Waals surface area contributed by atoms with Crippen molar-refractivity contribution in [1.29, 1.82) is 0 Å². The first-order valence-corrected chi connectivity index (χ1v) is 9.55. The predicted molar refractivity (Wildman–Crippen MR) is 89.1 cm³/mol. The molecule has 1 aliphatic rings. The van der Waals surface area contributed by atoms with Gasteiger partial charge >= 0.3 is 0 Å². The predicted octanol–water partition coefficient (Wildman–Crippen LogP) is 3.47. The van der Waals surface area contributed by atoms with E-state index in [9.17, 15) is 4.79 Å². The second kappa shape index (κ2) is 12.5. The molecule has 0 spiro atoms. The monoisotopic (exact) mass is 300 g/mol. The summed E-state index contributed by atoms with van der Waals surface area (Å²) < 4.78 is 0. The highest BCUT2D eigenvalue weighted by Crippen LogP contribution is 2.17. The van der Waals surface area contributed by atoms with E-state index >= 15 is 0 Å². The van der Waals surface area contributed by atoms with Crippen LogP contribution < -0.4 is 11.1 Å². The Morgan fingerprint density at radius 3 is 1.95 bits per heavy atom. The maximum absolute atomic E-state index is 11.9. The van der Waals surface area contributed by atoms with Crippen molar-refractivity contribution in [2.24, 2.45) is 5.73 Å². The van der Waals surface area contributed by atoms with E-state index in [0.29, 0.717) is 18.3 Å². The van der Waals surface area contributed by atoms with Crippen molar-refractivity contribution in [3.05, 3.63) is 0 Å². The largest absolute Gasteiger partial charge is 0.353 e. The van der Waals surface area contributed by atoms with Gasteiger partial charge in [0.25, 0.3) is 0 Å². The summed E-state index contributed by atoms with van der Waals surface area (Å²) >= 11 is 1.64. The van der Waals surface area contributed by atoms with Gasteiger partial charge in [0.15, 0.2) is 0 Å². The van der Waals surface area contributed by atoms with E-state index in [-0.39, 0.29) is 5.91 Å². The Morgan fingerprint density at radius 1 is 0.950 bits per heavy atom. The van der Waals surface area contributed by atoms with Crippen molar-refractivity contribution >= 4 is 17.7 Å². The maximum atomic E-state index is 11.9. The maximum Gasteiger partial charge on any atom is 0.230 e. The minimum atomic E-state index is 0.195. The Labute approximate surface area is 128 Å². The third-order valence-electron chi connectivity index (χ3n) is 3.97. The highest BCUT2D eigenvalue weighted by molar-refractivity contribution is 7.99. The molecule has 0 atom stereocenters. The van der Waals surface area contributed by atoms with Gasteiger partial charge in [-0.1, -0.05) is 57.8 Å². The highest BCUT2D eigenvalue weighted by Gasteiger charge is 2.12. The number of rotatable bonds is 5. The van der Waals surface area contributed by atoms with E-state index < -0.39 is 0 Å². The SMILES string of the molecule is NCCSCC(=O)NC1CCCCCCCCCCC1. The van der Waals surface area contributed by atoms with Crippen LogP contribution in [0.2, 0.25) is 0 Å².